The molecule has 2 aliphatic rings. The van der Waals surface area contributed by atoms with Gasteiger partial charge in [-0.3, -0.25) is 9.59 Å². The standard InChI is InChI=1S/C18H19N3O2/c1-12(22)20-10-15-14-6-3-2-5-13(14)9-21(17(15)11-20)18(23)16-7-4-8-19-16/h2-8,15,17,19H,9-11H2,1H3/t15-,17-/m0/s1. The highest BCUT2D eigenvalue weighted by Crippen LogP contribution is 2.38. The maximum Gasteiger partial charge on any atom is 0.270 e. The van der Waals surface area contributed by atoms with Crippen LogP contribution in [0.25, 0.3) is 0 Å². The van der Waals surface area contributed by atoms with Crippen LogP contribution in [0.15, 0.2) is 42.6 Å². The number of hydrogen-bond acceptors (Lipinski definition) is 2. The molecule has 0 saturated carbocycles. The van der Waals surface area contributed by atoms with Gasteiger partial charge in [0.1, 0.15) is 5.69 Å². The third-order valence-corrected chi connectivity index (χ3v) is 5.02. The first-order chi connectivity index (χ1) is 11.1. The minimum atomic E-state index is 0.00454. The first kappa shape index (κ1) is 14.1. The highest BCUT2D eigenvalue weighted by Gasteiger charge is 2.44. The molecule has 3 heterocycles. The van der Waals surface area contributed by atoms with Gasteiger partial charge in [0, 0.05) is 38.7 Å². The molecular formula is C18H19N3O2. The molecule has 1 fully saturated rings. The second-order valence-corrected chi connectivity index (χ2v) is 6.31. The van der Waals surface area contributed by atoms with Gasteiger partial charge in [-0.25, -0.2) is 0 Å². The summed E-state index contributed by atoms with van der Waals surface area (Å²) in [4.78, 5) is 31.5. The van der Waals surface area contributed by atoms with Gasteiger partial charge in [0.15, 0.2) is 0 Å². The molecule has 1 N–H and O–H groups in total. The lowest BCUT2D eigenvalue weighted by molar-refractivity contribution is -0.128. The number of H-pyrrole nitrogens is 1. The first-order valence-electron chi connectivity index (χ1n) is 7.93. The number of carbonyl (C=O) groups is 2. The molecule has 23 heavy (non-hydrogen) atoms. The van der Waals surface area contributed by atoms with Crippen molar-refractivity contribution in [3.05, 3.63) is 59.4 Å². The number of nitrogens with zero attached hydrogens (tertiary/aromatic N) is 2. The van der Waals surface area contributed by atoms with Crippen LogP contribution in [0.1, 0.15) is 34.5 Å². The summed E-state index contributed by atoms with van der Waals surface area (Å²) in [5.74, 6) is 0.275. The van der Waals surface area contributed by atoms with E-state index in [0.29, 0.717) is 25.3 Å². The molecule has 2 aliphatic heterocycles. The third-order valence-electron chi connectivity index (χ3n) is 5.02. The van der Waals surface area contributed by atoms with Crippen LogP contribution in [0.3, 0.4) is 0 Å². The van der Waals surface area contributed by atoms with Gasteiger partial charge in [-0.2, -0.15) is 0 Å². The number of carbonyl (C=O) groups excluding carboxylic acids is 2. The van der Waals surface area contributed by atoms with Crippen molar-refractivity contribution in [3.8, 4) is 0 Å². The number of rotatable bonds is 1. The normalized spacial score (nSPS) is 22.7. The maximum atomic E-state index is 12.9. The lowest BCUT2D eigenvalue weighted by atomic mass is 9.85. The Hall–Kier alpha value is -2.56. The van der Waals surface area contributed by atoms with Crippen molar-refractivity contribution in [2.75, 3.05) is 13.1 Å². The molecule has 0 unspecified atom stereocenters. The summed E-state index contributed by atoms with van der Waals surface area (Å²) in [6.07, 6.45) is 1.76. The van der Waals surface area contributed by atoms with Crippen molar-refractivity contribution in [1.29, 1.82) is 0 Å². The van der Waals surface area contributed by atoms with Gasteiger partial charge < -0.3 is 14.8 Å². The molecule has 0 aliphatic carbocycles. The van der Waals surface area contributed by atoms with Gasteiger partial charge in [0.25, 0.3) is 5.91 Å². The fourth-order valence-corrected chi connectivity index (χ4v) is 3.85. The summed E-state index contributed by atoms with van der Waals surface area (Å²) >= 11 is 0. The fourth-order valence-electron chi connectivity index (χ4n) is 3.85. The number of benzene rings is 1. The van der Waals surface area contributed by atoms with E-state index in [0.717, 1.165) is 0 Å². The van der Waals surface area contributed by atoms with E-state index < -0.39 is 0 Å². The Morgan fingerprint density at radius 2 is 1.96 bits per heavy atom. The summed E-state index contributed by atoms with van der Waals surface area (Å²) in [6.45, 7) is 3.49. The molecule has 1 saturated heterocycles. The van der Waals surface area contributed by atoms with Crippen molar-refractivity contribution in [1.82, 2.24) is 14.8 Å². The lowest BCUT2D eigenvalue weighted by Gasteiger charge is -2.38. The highest BCUT2D eigenvalue weighted by molar-refractivity contribution is 5.93. The number of likely N-dealkylation sites (tertiary alicyclic amines) is 1. The summed E-state index contributed by atoms with van der Waals surface area (Å²) < 4.78 is 0. The molecule has 5 nitrogen and oxygen atoms in total. The van der Waals surface area contributed by atoms with E-state index in [1.807, 2.05) is 28.0 Å². The summed E-state index contributed by atoms with van der Waals surface area (Å²) in [5.41, 5.74) is 3.06. The molecule has 5 heteroatoms. The quantitative estimate of drug-likeness (QED) is 0.876. The van der Waals surface area contributed by atoms with Crippen LogP contribution < -0.4 is 0 Å². The number of aromatic nitrogens is 1. The molecule has 4 rings (SSSR count). The van der Waals surface area contributed by atoms with Crippen molar-refractivity contribution < 1.29 is 9.59 Å². The summed E-state index contributed by atoms with van der Waals surface area (Å²) in [6, 6.07) is 11.9. The van der Waals surface area contributed by atoms with Crippen molar-refractivity contribution in [3.63, 3.8) is 0 Å². The van der Waals surface area contributed by atoms with Gasteiger partial charge in [-0.15, -0.1) is 0 Å². The van der Waals surface area contributed by atoms with Crippen LogP contribution in [0.4, 0.5) is 0 Å². The molecule has 0 bridgehead atoms. The number of aromatic amines is 1. The average molecular weight is 309 g/mol. The Bertz CT molecular complexity index is 753. The fraction of sp³-hybridized carbons (Fsp3) is 0.333. The second-order valence-electron chi connectivity index (χ2n) is 6.31. The Balaban J connectivity index is 1.73. The maximum absolute atomic E-state index is 12.9. The monoisotopic (exact) mass is 309 g/mol. The van der Waals surface area contributed by atoms with E-state index >= 15 is 0 Å². The summed E-state index contributed by atoms with van der Waals surface area (Å²) in [5, 5.41) is 0. The Morgan fingerprint density at radius 3 is 2.70 bits per heavy atom. The predicted octanol–water partition coefficient (Wildman–Crippen LogP) is 1.98. The zero-order chi connectivity index (χ0) is 16.0. The van der Waals surface area contributed by atoms with Crippen molar-refractivity contribution in [2.24, 2.45) is 0 Å². The van der Waals surface area contributed by atoms with Crippen LogP contribution in [-0.4, -0.2) is 45.7 Å². The zero-order valence-corrected chi connectivity index (χ0v) is 13.0. The molecular weight excluding hydrogens is 290 g/mol. The van der Waals surface area contributed by atoms with Gasteiger partial charge in [-0.1, -0.05) is 24.3 Å². The largest absolute Gasteiger partial charge is 0.357 e. The van der Waals surface area contributed by atoms with E-state index in [1.165, 1.54) is 11.1 Å². The lowest BCUT2D eigenvalue weighted by Crippen LogP contribution is -2.47. The molecule has 0 spiro atoms. The Labute approximate surface area is 134 Å². The molecule has 2 amide bonds. The Morgan fingerprint density at radius 1 is 1.13 bits per heavy atom. The molecule has 2 aromatic rings. The number of fused-ring (bicyclic) bond motifs is 3. The molecule has 2 atom stereocenters. The minimum Gasteiger partial charge on any atom is -0.357 e. The number of hydrogen-bond donors (Lipinski definition) is 1. The molecule has 0 radical (unpaired) electrons. The molecule has 1 aromatic heterocycles. The van der Waals surface area contributed by atoms with E-state index in [2.05, 4.69) is 17.1 Å². The van der Waals surface area contributed by atoms with Crippen LogP contribution in [-0.2, 0) is 11.3 Å². The third kappa shape index (κ3) is 2.23. The van der Waals surface area contributed by atoms with Gasteiger partial charge in [-0.05, 0) is 23.3 Å². The molecule has 118 valence electrons. The van der Waals surface area contributed by atoms with Crippen molar-refractivity contribution in [2.45, 2.75) is 25.4 Å². The van der Waals surface area contributed by atoms with Crippen LogP contribution in [0, 0.1) is 0 Å². The smallest absolute Gasteiger partial charge is 0.270 e. The highest BCUT2D eigenvalue weighted by atomic mass is 16.2. The zero-order valence-electron chi connectivity index (χ0n) is 13.0. The minimum absolute atomic E-state index is 0.00454. The number of nitrogens with one attached hydrogen (secondary N) is 1. The predicted molar refractivity (Wildman–Crippen MR) is 85.9 cm³/mol. The van der Waals surface area contributed by atoms with Gasteiger partial charge >= 0.3 is 0 Å². The van der Waals surface area contributed by atoms with E-state index in [1.54, 1.807) is 19.2 Å². The first-order valence-corrected chi connectivity index (χ1v) is 7.93. The van der Waals surface area contributed by atoms with E-state index in [-0.39, 0.29) is 23.8 Å². The second kappa shape index (κ2) is 5.26. The Kier molecular flexibility index (Phi) is 3.22. The number of amides is 2. The molecule has 1 aromatic carbocycles. The van der Waals surface area contributed by atoms with Crippen LogP contribution >= 0.6 is 0 Å². The van der Waals surface area contributed by atoms with E-state index in [4.69, 9.17) is 0 Å². The van der Waals surface area contributed by atoms with E-state index in [9.17, 15) is 9.59 Å². The summed E-state index contributed by atoms with van der Waals surface area (Å²) in [7, 11) is 0. The topological polar surface area (TPSA) is 56.4 Å². The van der Waals surface area contributed by atoms with Crippen LogP contribution in [0.2, 0.25) is 0 Å². The average Bonchev–Trinajstić information content (AvgIpc) is 3.23. The van der Waals surface area contributed by atoms with Gasteiger partial charge in [0.05, 0.1) is 6.04 Å². The SMILES string of the molecule is CC(=O)N1C[C@H]2c3ccccc3CN(C(=O)c3ccc[nH]3)[C@H]2C1. The van der Waals surface area contributed by atoms with Crippen molar-refractivity contribution >= 4 is 11.8 Å². The van der Waals surface area contributed by atoms with Crippen LogP contribution in [0.5, 0.6) is 0 Å². The van der Waals surface area contributed by atoms with Gasteiger partial charge in [0.2, 0.25) is 5.91 Å².